The summed E-state index contributed by atoms with van der Waals surface area (Å²) in [7, 11) is 0. The molecule has 1 aromatic carbocycles. The highest BCUT2D eigenvalue weighted by Gasteiger charge is 2.31. The molecular formula is C30H37F2N3O. The Morgan fingerprint density at radius 2 is 2.03 bits per heavy atom. The summed E-state index contributed by atoms with van der Waals surface area (Å²) in [6.45, 7) is 11.6. The van der Waals surface area contributed by atoms with E-state index in [0.29, 0.717) is 11.5 Å². The molecule has 0 aliphatic heterocycles. The molecule has 0 radical (unpaired) electrons. The summed E-state index contributed by atoms with van der Waals surface area (Å²) in [4.78, 5) is 16.3. The van der Waals surface area contributed by atoms with Crippen molar-refractivity contribution in [2.45, 2.75) is 54.0 Å². The fourth-order valence-corrected chi connectivity index (χ4v) is 4.51. The Kier molecular flexibility index (Phi) is 8.97. The first kappa shape index (κ1) is 27.1. The Balaban J connectivity index is 0.00000481. The van der Waals surface area contributed by atoms with Crippen molar-refractivity contribution in [1.82, 2.24) is 9.55 Å². The number of carbonyl (C=O) groups excluding carboxylic acids is 1. The molecule has 4 nitrogen and oxygen atoms in total. The number of imidazole rings is 1. The Morgan fingerprint density at radius 1 is 1.25 bits per heavy atom. The van der Waals surface area contributed by atoms with Crippen LogP contribution in [0.25, 0.3) is 0 Å². The molecule has 1 heterocycles. The third-order valence-electron chi connectivity index (χ3n) is 6.65. The number of nitrogens with zero attached hydrogens (tertiary/aromatic N) is 2. The zero-order chi connectivity index (χ0) is 26.3. The lowest BCUT2D eigenvalue weighted by atomic mass is 9.68. The highest BCUT2D eigenvalue weighted by Crippen LogP contribution is 2.44. The van der Waals surface area contributed by atoms with E-state index in [0.717, 1.165) is 43.2 Å². The fourth-order valence-electron chi connectivity index (χ4n) is 4.51. The van der Waals surface area contributed by atoms with Gasteiger partial charge in [0.25, 0.3) is 0 Å². The second kappa shape index (κ2) is 11.9. The van der Waals surface area contributed by atoms with Gasteiger partial charge in [-0.2, -0.15) is 0 Å². The van der Waals surface area contributed by atoms with E-state index in [-0.39, 0.29) is 12.5 Å². The number of rotatable bonds is 8. The summed E-state index contributed by atoms with van der Waals surface area (Å²) >= 11 is 0. The van der Waals surface area contributed by atoms with Gasteiger partial charge < -0.3 is 9.88 Å². The predicted octanol–water partition coefficient (Wildman–Crippen LogP) is 7.80. The molecule has 192 valence electrons. The molecule has 0 saturated carbocycles. The molecule has 0 bridgehead atoms. The van der Waals surface area contributed by atoms with Crippen molar-refractivity contribution in [2.24, 2.45) is 11.3 Å². The monoisotopic (exact) mass is 493 g/mol. The minimum Gasteiger partial charge on any atom is -0.337 e. The van der Waals surface area contributed by atoms with Crippen LogP contribution >= 0.6 is 0 Å². The van der Waals surface area contributed by atoms with Gasteiger partial charge in [-0.15, -0.1) is 0 Å². The molecule has 1 N–H and O–H groups in total. The standard InChI is InChI=1S/C30H35F2N3O.H2/c1-21(7-6-8-22(2)17-29(36)34-28-18-25(31)10-12-27(28)32)9-11-26-23(3)24(13-14-30(26,4)5)19-35-16-15-33-20-35;/h6-12,15-18,20,24H,13-14,19H2,1-5H3,(H,34,36);1H/b8-6+,11-9+,21-7+,22-17+;. The highest BCUT2D eigenvalue weighted by atomic mass is 19.1. The van der Waals surface area contributed by atoms with E-state index < -0.39 is 17.5 Å². The van der Waals surface area contributed by atoms with Gasteiger partial charge in [-0.05, 0) is 68.2 Å². The van der Waals surface area contributed by atoms with Gasteiger partial charge in [0.2, 0.25) is 5.91 Å². The van der Waals surface area contributed by atoms with Crippen LogP contribution in [0.3, 0.4) is 0 Å². The second-order valence-electron chi connectivity index (χ2n) is 10.1. The van der Waals surface area contributed by atoms with E-state index in [1.807, 2.05) is 37.8 Å². The van der Waals surface area contributed by atoms with Crippen LogP contribution in [0.1, 0.15) is 48.9 Å². The molecule has 1 atom stereocenters. The normalized spacial score (nSPS) is 18.9. The number of benzene rings is 1. The van der Waals surface area contributed by atoms with Crippen LogP contribution in [-0.2, 0) is 11.3 Å². The number of halogens is 2. The maximum Gasteiger partial charge on any atom is 0.248 e. The maximum absolute atomic E-state index is 13.7. The van der Waals surface area contributed by atoms with Gasteiger partial charge in [0.15, 0.2) is 0 Å². The number of carbonyl (C=O) groups is 1. The van der Waals surface area contributed by atoms with Gasteiger partial charge in [0.1, 0.15) is 11.6 Å². The summed E-state index contributed by atoms with van der Waals surface area (Å²) in [5.74, 6) is -1.32. The number of hydrogen-bond acceptors (Lipinski definition) is 2. The number of allylic oxidation sites excluding steroid dienone is 9. The fraction of sp³-hybridized carbons (Fsp3) is 0.333. The molecule has 6 heteroatoms. The van der Waals surface area contributed by atoms with Crippen molar-refractivity contribution < 1.29 is 15.0 Å². The smallest absolute Gasteiger partial charge is 0.248 e. The molecule has 1 amide bonds. The average Bonchev–Trinajstić information content (AvgIpc) is 3.31. The van der Waals surface area contributed by atoms with Crippen molar-refractivity contribution in [1.29, 1.82) is 0 Å². The molecule has 1 aliphatic rings. The lowest BCUT2D eigenvalue weighted by molar-refractivity contribution is -0.112. The van der Waals surface area contributed by atoms with Crippen LogP contribution in [0.5, 0.6) is 0 Å². The van der Waals surface area contributed by atoms with Crippen LogP contribution < -0.4 is 5.32 Å². The summed E-state index contributed by atoms with van der Waals surface area (Å²) in [5, 5.41) is 2.37. The SMILES string of the molecule is CC1=C(/C=C/C(C)=C/C=C/C(C)=C/C(=O)Nc2cc(F)ccc2F)C(C)(C)CCC1Cn1ccnc1.[HH]. The number of aromatic nitrogens is 2. The van der Waals surface area contributed by atoms with Crippen LogP contribution in [0.2, 0.25) is 0 Å². The van der Waals surface area contributed by atoms with Crippen molar-refractivity contribution in [3.05, 3.63) is 107 Å². The Bertz CT molecular complexity index is 1240. The van der Waals surface area contributed by atoms with Crippen LogP contribution in [-0.4, -0.2) is 15.5 Å². The highest BCUT2D eigenvalue weighted by molar-refractivity contribution is 6.00. The molecule has 2 aromatic rings. The lowest BCUT2D eigenvalue weighted by Crippen LogP contribution is -2.26. The van der Waals surface area contributed by atoms with E-state index in [4.69, 9.17) is 0 Å². The Labute approximate surface area is 214 Å². The number of amides is 1. The quantitative estimate of drug-likeness (QED) is 0.301. The summed E-state index contributed by atoms with van der Waals surface area (Å²) < 4.78 is 29.1. The Hall–Kier alpha value is -3.54. The number of nitrogens with one attached hydrogen (secondary N) is 1. The van der Waals surface area contributed by atoms with Gasteiger partial charge in [0, 0.05) is 32.5 Å². The van der Waals surface area contributed by atoms with E-state index >= 15 is 0 Å². The largest absolute Gasteiger partial charge is 0.337 e. The average molecular weight is 494 g/mol. The van der Waals surface area contributed by atoms with Gasteiger partial charge in [0.05, 0.1) is 12.0 Å². The van der Waals surface area contributed by atoms with Crippen molar-refractivity contribution in [3.8, 4) is 0 Å². The van der Waals surface area contributed by atoms with Crippen LogP contribution in [0, 0.1) is 23.0 Å². The van der Waals surface area contributed by atoms with Crippen molar-refractivity contribution in [2.75, 3.05) is 5.32 Å². The molecule has 1 aromatic heterocycles. The van der Waals surface area contributed by atoms with Gasteiger partial charge in [-0.25, -0.2) is 13.8 Å². The maximum atomic E-state index is 13.7. The molecule has 0 saturated heterocycles. The van der Waals surface area contributed by atoms with E-state index in [1.54, 1.807) is 13.0 Å². The molecule has 0 spiro atoms. The van der Waals surface area contributed by atoms with Crippen LogP contribution in [0.15, 0.2) is 95.7 Å². The topological polar surface area (TPSA) is 46.9 Å². The zero-order valence-corrected chi connectivity index (χ0v) is 21.7. The van der Waals surface area contributed by atoms with Gasteiger partial charge in [-0.3, -0.25) is 4.79 Å². The Morgan fingerprint density at radius 3 is 2.75 bits per heavy atom. The minimum atomic E-state index is -0.684. The van der Waals surface area contributed by atoms with E-state index in [2.05, 4.69) is 47.8 Å². The molecular weight excluding hydrogens is 456 g/mol. The third kappa shape index (κ3) is 7.48. The van der Waals surface area contributed by atoms with Gasteiger partial charge in [-0.1, -0.05) is 55.4 Å². The predicted molar refractivity (Wildman–Crippen MR) is 144 cm³/mol. The number of hydrogen-bond donors (Lipinski definition) is 1. The minimum absolute atomic E-state index is 0. The van der Waals surface area contributed by atoms with Crippen molar-refractivity contribution >= 4 is 11.6 Å². The molecule has 1 aliphatic carbocycles. The molecule has 36 heavy (non-hydrogen) atoms. The number of anilines is 1. The van der Waals surface area contributed by atoms with Crippen LogP contribution in [0.4, 0.5) is 14.5 Å². The lowest BCUT2D eigenvalue weighted by Gasteiger charge is -2.37. The third-order valence-corrected chi connectivity index (χ3v) is 6.65. The van der Waals surface area contributed by atoms with E-state index in [1.165, 1.54) is 17.2 Å². The second-order valence-corrected chi connectivity index (χ2v) is 10.1. The zero-order valence-electron chi connectivity index (χ0n) is 21.7. The summed E-state index contributed by atoms with van der Waals surface area (Å²) in [5.41, 5.74) is 4.52. The summed E-state index contributed by atoms with van der Waals surface area (Å²) in [6.07, 6.45) is 19.4. The molecule has 1 unspecified atom stereocenters. The van der Waals surface area contributed by atoms with Gasteiger partial charge >= 0.3 is 0 Å². The first-order chi connectivity index (χ1) is 17.0. The molecule has 0 fully saturated rings. The first-order valence-electron chi connectivity index (χ1n) is 12.2. The van der Waals surface area contributed by atoms with Crippen molar-refractivity contribution in [3.63, 3.8) is 0 Å². The molecule has 3 rings (SSSR count). The van der Waals surface area contributed by atoms with E-state index in [9.17, 15) is 13.6 Å². The first-order valence-corrected chi connectivity index (χ1v) is 12.2. The summed E-state index contributed by atoms with van der Waals surface area (Å²) in [6, 6.07) is 2.94.